The molecule has 1 aromatic carbocycles. The van der Waals surface area contributed by atoms with Gasteiger partial charge < -0.3 is 15.5 Å². The van der Waals surface area contributed by atoms with Gasteiger partial charge in [-0.25, -0.2) is 0 Å². The molecule has 0 bridgehead atoms. The van der Waals surface area contributed by atoms with Crippen LogP contribution in [0.3, 0.4) is 0 Å². The van der Waals surface area contributed by atoms with Crippen molar-refractivity contribution in [1.82, 2.24) is 15.5 Å². The monoisotopic (exact) mass is 345 g/mol. The number of rotatable bonds is 9. The Labute approximate surface area is 149 Å². The lowest BCUT2D eigenvalue weighted by Gasteiger charge is -2.17. The second-order valence-corrected chi connectivity index (χ2v) is 6.70. The first-order valence-corrected chi connectivity index (χ1v) is 8.79. The van der Waals surface area contributed by atoms with E-state index in [0.717, 1.165) is 12.0 Å². The van der Waals surface area contributed by atoms with Gasteiger partial charge in [-0.2, -0.15) is 0 Å². The summed E-state index contributed by atoms with van der Waals surface area (Å²) in [7, 11) is 1.76. The Morgan fingerprint density at radius 1 is 1.08 bits per heavy atom. The SMILES string of the molecule is C[C@H]1C[C@H]1C(=O)NCCC(=O)NCCC(=O)N(C)Cc1ccccc1. The fraction of sp³-hybridized carbons (Fsp3) is 0.526. The third kappa shape index (κ3) is 6.57. The quantitative estimate of drug-likeness (QED) is 0.708. The molecule has 0 aliphatic heterocycles. The number of nitrogens with zero attached hydrogens (tertiary/aromatic N) is 1. The molecule has 3 amide bonds. The molecule has 1 saturated carbocycles. The summed E-state index contributed by atoms with van der Waals surface area (Å²) in [6, 6.07) is 9.77. The van der Waals surface area contributed by atoms with Crippen LogP contribution in [0, 0.1) is 11.8 Å². The molecule has 25 heavy (non-hydrogen) atoms. The molecule has 6 heteroatoms. The van der Waals surface area contributed by atoms with Gasteiger partial charge in [0.15, 0.2) is 0 Å². The first-order chi connectivity index (χ1) is 12.0. The van der Waals surface area contributed by atoms with E-state index in [1.807, 2.05) is 37.3 Å². The standard InChI is InChI=1S/C19H27N3O3/c1-14-12-16(14)19(25)21-10-8-17(23)20-11-9-18(24)22(2)13-15-6-4-3-5-7-15/h3-7,14,16H,8-13H2,1-2H3,(H,20,23)(H,21,25)/t14-,16+/m0/s1. The van der Waals surface area contributed by atoms with Crippen molar-refractivity contribution in [2.24, 2.45) is 11.8 Å². The van der Waals surface area contributed by atoms with E-state index in [1.54, 1.807) is 11.9 Å². The van der Waals surface area contributed by atoms with Crippen LogP contribution in [0.15, 0.2) is 30.3 Å². The Morgan fingerprint density at radius 2 is 1.72 bits per heavy atom. The van der Waals surface area contributed by atoms with E-state index in [-0.39, 0.29) is 36.5 Å². The van der Waals surface area contributed by atoms with Crippen LogP contribution < -0.4 is 10.6 Å². The minimum atomic E-state index is -0.150. The van der Waals surface area contributed by atoms with Gasteiger partial charge in [0.05, 0.1) is 0 Å². The molecule has 0 saturated heterocycles. The smallest absolute Gasteiger partial charge is 0.224 e. The zero-order chi connectivity index (χ0) is 18.2. The topological polar surface area (TPSA) is 78.5 Å². The molecule has 1 aliphatic carbocycles. The van der Waals surface area contributed by atoms with Crippen LogP contribution in [0.2, 0.25) is 0 Å². The van der Waals surface area contributed by atoms with E-state index in [0.29, 0.717) is 25.6 Å². The molecule has 0 aromatic heterocycles. The number of benzene rings is 1. The molecule has 1 aromatic rings. The molecule has 2 N–H and O–H groups in total. The molecule has 0 radical (unpaired) electrons. The summed E-state index contributed by atoms with van der Waals surface area (Å²) in [6.45, 7) is 3.25. The molecule has 2 rings (SSSR count). The number of hydrogen-bond acceptors (Lipinski definition) is 3. The van der Waals surface area contributed by atoms with Crippen molar-refractivity contribution in [3.8, 4) is 0 Å². The van der Waals surface area contributed by atoms with Crippen LogP contribution in [-0.2, 0) is 20.9 Å². The molecule has 0 heterocycles. The van der Waals surface area contributed by atoms with Crippen LogP contribution in [0.5, 0.6) is 0 Å². The first-order valence-electron chi connectivity index (χ1n) is 8.79. The van der Waals surface area contributed by atoms with Crippen molar-refractivity contribution in [3.05, 3.63) is 35.9 Å². The number of carbonyl (C=O) groups is 3. The normalized spacial score (nSPS) is 18.3. The Balaban J connectivity index is 1.55. The molecule has 6 nitrogen and oxygen atoms in total. The van der Waals surface area contributed by atoms with Gasteiger partial charge in [-0.1, -0.05) is 37.3 Å². The summed E-state index contributed by atoms with van der Waals surface area (Å²) in [6.07, 6.45) is 1.44. The van der Waals surface area contributed by atoms with Crippen LogP contribution in [0.25, 0.3) is 0 Å². The second-order valence-electron chi connectivity index (χ2n) is 6.70. The van der Waals surface area contributed by atoms with Gasteiger partial charge in [-0.05, 0) is 17.9 Å². The number of hydrogen-bond donors (Lipinski definition) is 2. The Hall–Kier alpha value is -2.37. The minimum absolute atomic E-state index is 0.0137. The lowest BCUT2D eigenvalue weighted by Crippen LogP contribution is -2.34. The van der Waals surface area contributed by atoms with Gasteiger partial charge in [0, 0.05) is 45.4 Å². The van der Waals surface area contributed by atoms with Crippen molar-refractivity contribution >= 4 is 17.7 Å². The van der Waals surface area contributed by atoms with Gasteiger partial charge in [0.25, 0.3) is 0 Å². The molecule has 1 fully saturated rings. The third-order valence-corrected chi connectivity index (χ3v) is 4.45. The Kier molecular flexibility index (Phi) is 6.98. The van der Waals surface area contributed by atoms with E-state index < -0.39 is 0 Å². The fourth-order valence-electron chi connectivity index (χ4n) is 2.65. The Morgan fingerprint density at radius 3 is 2.36 bits per heavy atom. The van der Waals surface area contributed by atoms with Crippen LogP contribution in [-0.4, -0.2) is 42.8 Å². The summed E-state index contributed by atoms with van der Waals surface area (Å²) >= 11 is 0. The zero-order valence-electron chi connectivity index (χ0n) is 15.0. The van der Waals surface area contributed by atoms with Crippen molar-refractivity contribution in [2.75, 3.05) is 20.1 Å². The van der Waals surface area contributed by atoms with Gasteiger partial charge in [-0.15, -0.1) is 0 Å². The van der Waals surface area contributed by atoms with Gasteiger partial charge in [0.1, 0.15) is 0 Å². The highest BCUT2D eigenvalue weighted by molar-refractivity contribution is 5.82. The highest BCUT2D eigenvalue weighted by atomic mass is 16.2. The maximum atomic E-state index is 12.1. The minimum Gasteiger partial charge on any atom is -0.356 e. The first kappa shape index (κ1) is 19.0. The van der Waals surface area contributed by atoms with Crippen molar-refractivity contribution in [3.63, 3.8) is 0 Å². The van der Waals surface area contributed by atoms with Crippen molar-refractivity contribution in [2.45, 2.75) is 32.7 Å². The summed E-state index contributed by atoms with van der Waals surface area (Å²) in [4.78, 5) is 37.1. The van der Waals surface area contributed by atoms with E-state index in [2.05, 4.69) is 10.6 Å². The predicted molar refractivity (Wildman–Crippen MR) is 95.4 cm³/mol. The predicted octanol–water partition coefficient (Wildman–Crippen LogP) is 1.31. The highest BCUT2D eigenvalue weighted by Gasteiger charge is 2.38. The lowest BCUT2D eigenvalue weighted by atomic mass is 10.2. The van der Waals surface area contributed by atoms with E-state index in [9.17, 15) is 14.4 Å². The van der Waals surface area contributed by atoms with Crippen LogP contribution >= 0.6 is 0 Å². The fourth-order valence-corrected chi connectivity index (χ4v) is 2.65. The van der Waals surface area contributed by atoms with Crippen LogP contribution in [0.4, 0.5) is 0 Å². The van der Waals surface area contributed by atoms with E-state index in [1.165, 1.54) is 0 Å². The van der Waals surface area contributed by atoms with Crippen LogP contribution in [0.1, 0.15) is 31.7 Å². The molecular weight excluding hydrogens is 318 g/mol. The Bertz CT molecular complexity index is 603. The van der Waals surface area contributed by atoms with E-state index in [4.69, 9.17) is 0 Å². The summed E-state index contributed by atoms with van der Waals surface area (Å²) in [5, 5.41) is 5.50. The average molecular weight is 345 g/mol. The molecule has 0 spiro atoms. The summed E-state index contributed by atoms with van der Waals surface area (Å²) in [5.74, 6) is 0.467. The van der Waals surface area contributed by atoms with E-state index >= 15 is 0 Å². The highest BCUT2D eigenvalue weighted by Crippen LogP contribution is 2.37. The third-order valence-electron chi connectivity index (χ3n) is 4.45. The van der Waals surface area contributed by atoms with Crippen molar-refractivity contribution < 1.29 is 14.4 Å². The molecular formula is C19H27N3O3. The zero-order valence-corrected chi connectivity index (χ0v) is 15.0. The number of amides is 3. The second kappa shape index (κ2) is 9.20. The number of nitrogens with one attached hydrogen (secondary N) is 2. The van der Waals surface area contributed by atoms with Crippen molar-refractivity contribution in [1.29, 1.82) is 0 Å². The summed E-state index contributed by atoms with van der Waals surface area (Å²) in [5.41, 5.74) is 1.07. The number of carbonyl (C=O) groups excluding carboxylic acids is 3. The van der Waals surface area contributed by atoms with Gasteiger partial charge in [0.2, 0.25) is 17.7 Å². The van der Waals surface area contributed by atoms with Gasteiger partial charge in [-0.3, -0.25) is 14.4 Å². The molecule has 2 atom stereocenters. The largest absolute Gasteiger partial charge is 0.356 e. The molecule has 1 aliphatic rings. The maximum Gasteiger partial charge on any atom is 0.224 e. The lowest BCUT2D eigenvalue weighted by molar-refractivity contribution is -0.130. The molecule has 136 valence electrons. The average Bonchev–Trinajstić information content (AvgIpc) is 3.32. The summed E-state index contributed by atoms with van der Waals surface area (Å²) < 4.78 is 0. The maximum absolute atomic E-state index is 12.1. The molecule has 0 unspecified atom stereocenters. The van der Waals surface area contributed by atoms with Gasteiger partial charge >= 0.3 is 0 Å².